The van der Waals surface area contributed by atoms with Crippen LogP contribution >= 0.6 is 15.9 Å². The van der Waals surface area contributed by atoms with Gasteiger partial charge in [-0.3, -0.25) is 0 Å². The molecule has 0 atom stereocenters. The molecule has 1 aromatic carbocycles. The topological polar surface area (TPSA) is 37.3 Å². The van der Waals surface area contributed by atoms with E-state index < -0.39 is 5.97 Å². The number of alkyl halides is 1. The molecule has 0 saturated heterocycles. The van der Waals surface area contributed by atoms with Crippen LogP contribution in [0.5, 0.6) is 0 Å². The Morgan fingerprint density at radius 1 is 0.880 bits per heavy atom. The van der Waals surface area contributed by atoms with Crippen molar-refractivity contribution in [2.45, 2.75) is 70.6 Å². The molecule has 25 heavy (non-hydrogen) atoms. The number of hydrogen-bond donors (Lipinski definition) is 1. The van der Waals surface area contributed by atoms with Gasteiger partial charge in [-0.1, -0.05) is 79.4 Å². The number of unbranched alkanes of at least 4 members (excludes halogenated alkanes) is 9. The van der Waals surface area contributed by atoms with Crippen molar-refractivity contribution >= 4 is 28.0 Å². The highest BCUT2D eigenvalue weighted by molar-refractivity contribution is 9.09. The fraction of sp³-hybridized carbons (Fsp3) is 0.571. The van der Waals surface area contributed by atoms with Gasteiger partial charge in [0.25, 0.3) is 0 Å². The second-order valence-electron chi connectivity index (χ2n) is 6.50. The molecular formula is C21H30BrFO2. The first-order valence-electron chi connectivity index (χ1n) is 9.39. The normalized spacial score (nSPS) is 11.7. The molecule has 1 rings (SSSR count). The van der Waals surface area contributed by atoms with E-state index in [2.05, 4.69) is 15.9 Å². The molecule has 0 aromatic heterocycles. The summed E-state index contributed by atoms with van der Waals surface area (Å²) in [5.41, 5.74) is 1.14. The van der Waals surface area contributed by atoms with E-state index in [0.717, 1.165) is 23.7 Å². The third-order valence-corrected chi connectivity index (χ3v) is 4.88. The van der Waals surface area contributed by atoms with Crippen LogP contribution in [0.15, 0.2) is 29.8 Å². The van der Waals surface area contributed by atoms with Crippen LogP contribution in [0.3, 0.4) is 0 Å². The summed E-state index contributed by atoms with van der Waals surface area (Å²) in [6, 6.07) is 5.92. The average molecular weight is 413 g/mol. The summed E-state index contributed by atoms with van der Waals surface area (Å²) in [6.07, 6.45) is 14.4. The first-order chi connectivity index (χ1) is 12.1. The molecule has 0 aliphatic carbocycles. The zero-order chi connectivity index (χ0) is 18.3. The number of halogens is 2. The van der Waals surface area contributed by atoms with Crippen LogP contribution in [-0.2, 0) is 4.79 Å². The van der Waals surface area contributed by atoms with Crippen LogP contribution in [0.25, 0.3) is 6.08 Å². The van der Waals surface area contributed by atoms with E-state index in [1.54, 1.807) is 18.2 Å². The fourth-order valence-electron chi connectivity index (χ4n) is 2.83. The molecule has 0 bridgehead atoms. The summed E-state index contributed by atoms with van der Waals surface area (Å²) in [5, 5.41) is 10.4. The molecular weight excluding hydrogens is 383 g/mol. The lowest BCUT2D eigenvalue weighted by Crippen LogP contribution is -2.00. The van der Waals surface area contributed by atoms with E-state index in [0.29, 0.717) is 12.0 Å². The molecule has 1 N–H and O–H groups in total. The molecule has 1 aromatic rings. The molecule has 0 spiro atoms. The van der Waals surface area contributed by atoms with Gasteiger partial charge in [0.2, 0.25) is 0 Å². The van der Waals surface area contributed by atoms with Crippen LogP contribution in [0.1, 0.15) is 76.2 Å². The highest BCUT2D eigenvalue weighted by Crippen LogP contribution is 2.16. The number of hydrogen-bond acceptors (Lipinski definition) is 1. The van der Waals surface area contributed by atoms with Gasteiger partial charge in [-0.15, -0.1) is 0 Å². The predicted molar refractivity (Wildman–Crippen MR) is 107 cm³/mol. The largest absolute Gasteiger partial charge is 0.478 e. The van der Waals surface area contributed by atoms with Gasteiger partial charge < -0.3 is 5.11 Å². The van der Waals surface area contributed by atoms with Crippen molar-refractivity contribution in [2.24, 2.45) is 0 Å². The van der Waals surface area contributed by atoms with Crippen molar-refractivity contribution in [3.63, 3.8) is 0 Å². The van der Waals surface area contributed by atoms with Crippen LogP contribution in [0, 0.1) is 5.82 Å². The quantitative estimate of drug-likeness (QED) is 0.203. The third kappa shape index (κ3) is 11.1. The Morgan fingerprint density at radius 3 is 1.84 bits per heavy atom. The average Bonchev–Trinajstić information content (AvgIpc) is 2.60. The van der Waals surface area contributed by atoms with Crippen LogP contribution < -0.4 is 0 Å². The molecule has 0 radical (unpaired) electrons. The maximum absolute atomic E-state index is 12.9. The Bertz CT molecular complexity index is 511. The van der Waals surface area contributed by atoms with E-state index in [4.69, 9.17) is 0 Å². The second kappa shape index (κ2) is 14.1. The van der Waals surface area contributed by atoms with Crippen molar-refractivity contribution in [3.05, 3.63) is 41.2 Å². The summed E-state index contributed by atoms with van der Waals surface area (Å²) in [5.74, 6) is -1.19. The standard InChI is InChI=1S/C21H30BrFO2/c22-16-10-8-6-4-2-1-3-5-7-9-11-19(21(24)25)17-18-12-14-20(23)15-13-18/h12-15,17H,1-11,16H2,(H,24,25). The van der Waals surface area contributed by atoms with Crippen molar-refractivity contribution in [3.8, 4) is 0 Å². The number of carboxylic acids is 1. The maximum Gasteiger partial charge on any atom is 0.331 e. The summed E-state index contributed by atoms with van der Waals surface area (Å²) < 4.78 is 12.9. The van der Waals surface area contributed by atoms with Crippen LogP contribution in [0.4, 0.5) is 4.39 Å². The van der Waals surface area contributed by atoms with Crippen LogP contribution in [0.2, 0.25) is 0 Å². The number of carbonyl (C=O) groups is 1. The first kappa shape index (κ1) is 21.9. The van der Waals surface area contributed by atoms with Crippen LogP contribution in [-0.4, -0.2) is 16.4 Å². The minimum Gasteiger partial charge on any atom is -0.478 e. The summed E-state index contributed by atoms with van der Waals surface area (Å²) in [7, 11) is 0. The molecule has 0 unspecified atom stereocenters. The van der Waals surface area contributed by atoms with Gasteiger partial charge >= 0.3 is 5.97 Å². The fourth-order valence-corrected chi connectivity index (χ4v) is 3.22. The Morgan fingerprint density at radius 2 is 1.36 bits per heavy atom. The number of benzene rings is 1. The number of rotatable bonds is 14. The van der Waals surface area contributed by atoms with Gasteiger partial charge in [-0.05, 0) is 43.0 Å². The predicted octanol–water partition coefficient (Wildman–Crippen LogP) is 6.98. The van der Waals surface area contributed by atoms with E-state index in [9.17, 15) is 14.3 Å². The SMILES string of the molecule is O=C(O)C(=Cc1ccc(F)cc1)CCCCCCCCCCCCBr. The molecule has 2 nitrogen and oxygen atoms in total. The molecule has 0 heterocycles. The summed E-state index contributed by atoms with van der Waals surface area (Å²) in [6.45, 7) is 0. The lowest BCUT2D eigenvalue weighted by Gasteiger charge is -2.04. The highest BCUT2D eigenvalue weighted by atomic mass is 79.9. The van der Waals surface area contributed by atoms with Crippen molar-refractivity contribution < 1.29 is 14.3 Å². The molecule has 0 saturated carbocycles. The van der Waals surface area contributed by atoms with E-state index >= 15 is 0 Å². The maximum atomic E-state index is 12.9. The molecule has 4 heteroatoms. The van der Waals surface area contributed by atoms with Gasteiger partial charge in [0.15, 0.2) is 0 Å². The van der Waals surface area contributed by atoms with Gasteiger partial charge in [-0.25, -0.2) is 9.18 Å². The molecule has 0 amide bonds. The minimum absolute atomic E-state index is 0.308. The summed E-state index contributed by atoms with van der Waals surface area (Å²) in [4.78, 5) is 11.3. The molecule has 0 fully saturated rings. The number of aliphatic carboxylic acids is 1. The minimum atomic E-state index is -0.882. The highest BCUT2D eigenvalue weighted by Gasteiger charge is 2.07. The molecule has 140 valence electrons. The smallest absolute Gasteiger partial charge is 0.331 e. The Hall–Kier alpha value is -1.16. The van der Waals surface area contributed by atoms with Crippen molar-refractivity contribution in [1.82, 2.24) is 0 Å². The van der Waals surface area contributed by atoms with Gasteiger partial charge in [0, 0.05) is 10.9 Å². The van der Waals surface area contributed by atoms with Crippen molar-refractivity contribution in [1.29, 1.82) is 0 Å². The lowest BCUT2D eigenvalue weighted by molar-refractivity contribution is -0.132. The van der Waals surface area contributed by atoms with Gasteiger partial charge in [-0.2, -0.15) is 0 Å². The first-order valence-corrected chi connectivity index (χ1v) is 10.5. The monoisotopic (exact) mass is 412 g/mol. The lowest BCUT2D eigenvalue weighted by atomic mass is 10.0. The third-order valence-electron chi connectivity index (χ3n) is 4.32. The van der Waals surface area contributed by atoms with E-state index in [-0.39, 0.29) is 5.82 Å². The molecule has 0 aliphatic rings. The molecule has 0 aliphatic heterocycles. The zero-order valence-corrected chi connectivity index (χ0v) is 16.6. The van der Waals surface area contributed by atoms with Gasteiger partial charge in [0.1, 0.15) is 5.82 Å². The zero-order valence-electron chi connectivity index (χ0n) is 15.0. The second-order valence-corrected chi connectivity index (χ2v) is 7.29. The van der Waals surface area contributed by atoms with Crippen molar-refractivity contribution in [2.75, 3.05) is 5.33 Å². The van der Waals surface area contributed by atoms with E-state index in [1.807, 2.05) is 0 Å². The van der Waals surface area contributed by atoms with Gasteiger partial charge in [0.05, 0.1) is 0 Å². The Labute approximate surface area is 159 Å². The summed E-state index contributed by atoms with van der Waals surface area (Å²) >= 11 is 3.45. The number of carboxylic acid groups (broad SMARTS) is 1. The Balaban J connectivity index is 2.15. The Kier molecular flexibility index (Phi) is 12.3. The van der Waals surface area contributed by atoms with E-state index in [1.165, 1.54) is 63.5 Å².